The van der Waals surface area contributed by atoms with Gasteiger partial charge >= 0.3 is 5.17 Å². The molecule has 0 aromatic carbocycles. The van der Waals surface area contributed by atoms with Crippen LogP contribution in [0.1, 0.15) is 26.2 Å². The maximum absolute atomic E-state index is 11.6. The maximum Gasteiger partial charge on any atom is 0.457 e. The lowest BCUT2D eigenvalue weighted by molar-refractivity contribution is 0.601. The van der Waals surface area contributed by atoms with Crippen LogP contribution in [0.5, 0.6) is 0 Å². The van der Waals surface area contributed by atoms with E-state index in [1.807, 2.05) is 6.92 Å². The summed E-state index contributed by atoms with van der Waals surface area (Å²) >= 11 is 0. The van der Waals surface area contributed by atoms with Gasteiger partial charge in [0.15, 0.2) is 0 Å². The summed E-state index contributed by atoms with van der Waals surface area (Å²) in [6.07, 6.45) is 7.10. The van der Waals surface area contributed by atoms with Gasteiger partial charge in [0, 0.05) is 6.08 Å². The fraction of sp³-hybridized carbons (Fsp3) is 0.556. The normalized spacial score (nSPS) is 15.6. The van der Waals surface area contributed by atoms with Gasteiger partial charge in [0.05, 0.1) is 5.75 Å². The standard InChI is InChI=1S/C9H14N2O2S/c1-2-3-4-8-14(12,13)9-10-6-5-7-11-9/h5-7H,2-4,8H2,1H3/q+1. The van der Waals surface area contributed by atoms with Crippen LogP contribution in [0.15, 0.2) is 17.3 Å². The average Bonchev–Trinajstić information content (AvgIpc) is 2.19. The molecule has 0 saturated carbocycles. The van der Waals surface area contributed by atoms with E-state index in [0.717, 1.165) is 12.8 Å². The Hall–Kier alpha value is -0.970. The van der Waals surface area contributed by atoms with E-state index in [9.17, 15) is 8.42 Å². The van der Waals surface area contributed by atoms with Gasteiger partial charge in [-0.1, -0.05) is 19.8 Å². The van der Waals surface area contributed by atoms with E-state index in [2.05, 4.69) is 9.98 Å². The summed E-state index contributed by atoms with van der Waals surface area (Å²) < 4.78 is 23.2. The molecule has 0 aromatic rings. The smallest absolute Gasteiger partial charge is 0.216 e. The second-order valence-corrected chi connectivity index (χ2v) is 5.06. The number of nitrogens with zero attached hydrogens (tertiary/aromatic N) is 2. The molecule has 0 spiro atoms. The van der Waals surface area contributed by atoms with Crippen LogP contribution in [0.3, 0.4) is 0 Å². The molecular formula is C9H14N2O2S+. The van der Waals surface area contributed by atoms with Gasteiger partial charge in [-0.2, -0.15) is 0 Å². The SMILES string of the molecule is CCCCCS(=O)(=O)C1=NC=CC=[N+]1. The highest BCUT2D eigenvalue weighted by atomic mass is 32.2. The lowest BCUT2D eigenvalue weighted by Crippen LogP contribution is -2.23. The minimum Gasteiger partial charge on any atom is -0.216 e. The van der Waals surface area contributed by atoms with Gasteiger partial charge in [0.1, 0.15) is 12.4 Å². The van der Waals surface area contributed by atoms with Crippen molar-refractivity contribution in [2.24, 2.45) is 4.99 Å². The number of amidine groups is 1. The molecular weight excluding hydrogens is 200 g/mol. The Bertz CT molecular complexity index is 366. The van der Waals surface area contributed by atoms with E-state index in [-0.39, 0.29) is 10.9 Å². The van der Waals surface area contributed by atoms with Crippen LogP contribution in [0.2, 0.25) is 0 Å². The number of hydrogen-bond acceptors (Lipinski definition) is 4. The fourth-order valence-electron chi connectivity index (χ4n) is 1.08. The lowest BCUT2D eigenvalue weighted by Gasteiger charge is -1.96. The summed E-state index contributed by atoms with van der Waals surface area (Å²) in [4.78, 5) is 7.46. The molecule has 0 unspecified atom stereocenters. The Morgan fingerprint density at radius 1 is 1.43 bits per heavy atom. The maximum atomic E-state index is 11.6. The molecule has 1 aliphatic heterocycles. The molecule has 1 aliphatic rings. The van der Waals surface area contributed by atoms with Crippen LogP contribution in [0.4, 0.5) is 0 Å². The van der Waals surface area contributed by atoms with E-state index in [1.54, 1.807) is 6.08 Å². The highest BCUT2D eigenvalue weighted by molar-refractivity contribution is 8.06. The minimum atomic E-state index is -3.25. The number of hydrogen-bond donors (Lipinski definition) is 0. The molecule has 0 fully saturated rings. The summed E-state index contributed by atoms with van der Waals surface area (Å²) in [5.41, 5.74) is 0. The number of sulfone groups is 1. The zero-order valence-corrected chi connectivity index (χ0v) is 9.00. The van der Waals surface area contributed by atoms with Gasteiger partial charge in [-0.05, 0) is 16.4 Å². The van der Waals surface area contributed by atoms with Crippen molar-refractivity contribution in [2.75, 3.05) is 5.75 Å². The summed E-state index contributed by atoms with van der Waals surface area (Å²) in [5, 5.41) is -0.0592. The van der Waals surface area contributed by atoms with Crippen molar-refractivity contribution in [1.82, 2.24) is 4.99 Å². The van der Waals surface area contributed by atoms with Crippen molar-refractivity contribution in [3.8, 4) is 0 Å². The first kappa shape index (κ1) is 11.1. The average molecular weight is 214 g/mol. The summed E-state index contributed by atoms with van der Waals surface area (Å²) in [6.45, 7) is 2.03. The molecule has 5 heteroatoms. The van der Waals surface area contributed by atoms with Gasteiger partial charge in [0.25, 0.3) is 9.84 Å². The number of allylic oxidation sites excluding steroid dienone is 1. The Labute approximate surface area is 84.4 Å². The summed E-state index contributed by atoms with van der Waals surface area (Å²) in [5.74, 6) is 0.144. The van der Waals surface area contributed by atoms with Crippen molar-refractivity contribution in [2.45, 2.75) is 26.2 Å². The first-order valence-electron chi connectivity index (χ1n) is 4.66. The van der Waals surface area contributed by atoms with Crippen molar-refractivity contribution in [1.29, 1.82) is 0 Å². The van der Waals surface area contributed by atoms with Crippen molar-refractivity contribution < 1.29 is 8.42 Å². The van der Waals surface area contributed by atoms with Crippen LogP contribution in [-0.4, -0.2) is 25.6 Å². The summed E-state index contributed by atoms with van der Waals surface area (Å²) in [7, 11) is -3.25. The van der Waals surface area contributed by atoms with Crippen LogP contribution >= 0.6 is 0 Å². The molecule has 1 rings (SSSR count). The highest BCUT2D eigenvalue weighted by Gasteiger charge is 2.28. The molecule has 1 heterocycles. The third-order valence-electron chi connectivity index (χ3n) is 1.84. The monoisotopic (exact) mass is 214 g/mol. The van der Waals surface area contributed by atoms with E-state index in [4.69, 9.17) is 0 Å². The van der Waals surface area contributed by atoms with Gasteiger partial charge in [0.2, 0.25) is 0 Å². The van der Waals surface area contributed by atoms with E-state index < -0.39 is 9.84 Å². The quantitative estimate of drug-likeness (QED) is 0.652. The topological polar surface area (TPSA) is 60.6 Å². The predicted octanol–water partition coefficient (Wildman–Crippen LogP) is 0.881. The second-order valence-electron chi connectivity index (χ2n) is 3.06. The zero-order valence-electron chi connectivity index (χ0n) is 8.18. The molecule has 1 radical (unpaired) electrons. The molecule has 0 amide bonds. The third-order valence-corrected chi connectivity index (χ3v) is 3.43. The highest BCUT2D eigenvalue weighted by Crippen LogP contribution is 2.02. The van der Waals surface area contributed by atoms with Crippen LogP contribution in [-0.2, 0) is 9.84 Å². The molecule has 0 atom stereocenters. The van der Waals surface area contributed by atoms with E-state index in [1.165, 1.54) is 12.4 Å². The molecule has 0 saturated heterocycles. The van der Waals surface area contributed by atoms with Crippen LogP contribution < -0.4 is 4.99 Å². The minimum absolute atomic E-state index is 0.0592. The number of rotatable bonds is 4. The molecule has 4 nitrogen and oxygen atoms in total. The van der Waals surface area contributed by atoms with Crippen LogP contribution in [0, 0.1) is 0 Å². The first-order valence-corrected chi connectivity index (χ1v) is 6.32. The number of aliphatic imine (C=N–C) groups is 2. The molecule has 0 aromatic heterocycles. The van der Waals surface area contributed by atoms with Crippen molar-refractivity contribution in [3.63, 3.8) is 0 Å². The predicted molar refractivity (Wildman–Crippen MR) is 58.1 cm³/mol. The molecule has 77 valence electrons. The van der Waals surface area contributed by atoms with Gasteiger partial charge in [-0.25, -0.2) is 8.42 Å². The molecule has 0 bridgehead atoms. The van der Waals surface area contributed by atoms with Crippen LogP contribution in [0.25, 0.3) is 0 Å². The first-order chi connectivity index (χ1) is 6.67. The molecule has 14 heavy (non-hydrogen) atoms. The fourth-order valence-corrected chi connectivity index (χ4v) is 2.29. The van der Waals surface area contributed by atoms with E-state index in [0.29, 0.717) is 6.42 Å². The van der Waals surface area contributed by atoms with Crippen molar-refractivity contribution in [3.05, 3.63) is 12.3 Å². The zero-order chi connectivity index (χ0) is 10.4. The Morgan fingerprint density at radius 2 is 2.21 bits per heavy atom. The largest absolute Gasteiger partial charge is 0.457 e. The lowest BCUT2D eigenvalue weighted by atomic mass is 10.3. The molecule has 0 N–H and O–H groups in total. The third kappa shape index (κ3) is 3.06. The summed E-state index contributed by atoms with van der Waals surface area (Å²) in [6, 6.07) is 0. The molecule has 0 aliphatic carbocycles. The van der Waals surface area contributed by atoms with E-state index >= 15 is 0 Å². The Balaban J connectivity index is 2.62. The van der Waals surface area contributed by atoms with Gasteiger partial charge in [-0.3, -0.25) is 0 Å². The van der Waals surface area contributed by atoms with Gasteiger partial charge < -0.3 is 0 Å². The second kappa shape index (κ2) is 5.05. The Morgan fingerprint density at radius 3 is 2.79 bits per heavy atom. The Kier molecular flexibility index (Phi) is 4.00. The van der Waals surface area contributed by atoms with Gasteiger partial charge in [-0.15, -0.1) is 0 Å². The van der Waals surface area contributed by atoms with Crippen molar-refractivity contribution >= 4 is 21.2 Å². The number of unbranched alkanes of at least 4 members (excludes halogenated alkanes) is 2.